The van der Waals surface area contributed by atoms with Crippen molar-refractivity contribution in [1.82, 2.24) is 4.98 Å². The molecule has 1 amide bonds. The molecule has 0 saturated heterocycles. The minimum Gasteiger partial charge on any atom is -0.493 e. The zero-order valence-corrected chi connectivity index (χ0v) is 16.8. The highest BCUT2D eigenvalue weighted by Gasteiger charge is 2.30. The molecule has 0 radical (unpaired) electrons. The topological polar surface area (TPSA) is 71.6 Å². The number of pyridine rings is 1. The lowest BCUT2D eigenvalue weighted by molar-refractivity contribution is -0.118. The number of hydrogen-bond acceptors (Lipinski definition) is 4. The molecule has 150 valence electrons. The van der Waals surface area contributed by atoms with Crippen LogP contribution in [0.4, 0.5) is 5.69 Å². The van der Waals surface area contributed by atoms with Gasteiger partial charge < -0.3 is 19.4 Å². The largest absolute Gasteiger partial charge is 0.493 e. The Hall–Kier alpha value is -3.28. The number of ether oxygens (including phenoxy) is 2. The number of benzene rings is 2. The number of aromatic nitrogens is 1. The Kier molecular flexibility index (Phi) is 5.01. The molecule has 6 nitrogen and oxygen atoms in total. The number of hydrogen-bond donors (Lipinski definition) is 1. The van der Waals surface area contributed by atoms with Crippen molar-refractivity contribution in [1.29, 1.82) is 0 Å². The summed E-state index contributed by atoms with van der Waals surface area (Å²) in [6.07, 6.45) is 1.52. The first-order valence-corrected chi connectivity index (χ1v) is 9.69. The lowest BCUT2D eigenvalue weighted by Gasteiger charge is -2.22. The third-order valence-electron chi connectivity index (χ3n) is 5.51. The number of para-hydroxylation sites is 1. The quantitative estimate of drug-likeness (QED) is 0.722. The number of carbonyl (C=O) groups excluding carboxylic acids is 1. The molecule has 0 aliphatic carbocycles. The molecule has 1 aliphatic rings. The first-order chi connectivity index (χ1) is 14.0. The molecule has 1 unspecified atom stereocenters. The number of anilines is 1. The van der Waals surface area contributed by atoms with Gasteiger partial charge in [0.05, 0.1) is 19.7 Å². The fourth-order valence-corrected chi connectivity index (χ4v) is 4.07. The second-order valence-electron chi connectivity index (χ2n) is 7.36. The van der Waals surface area contributed by atoms with E-state index in [4.69, 9.17) is 9.47 Å². The molecule has 4 rings (SSSR count). The zero-order valence-electron chi connectivity index (χ0n) is 16.8. The maximum Gasteiger partial charge on any atom is 0.251 e. The van der Waals surface area contributed by atoms with Gasteiger partial charge >= 0.3 is 0 Å². The van der Waals surface area contributed by atoms with Gasteiger partial charge in [0.15, 0.2) is 11.5 Å². The highest BCUT2D eigenvalue weighted by atomic mass is 16.5. The van der Waals surface area contributed by atoms with Gasteiger partial charge in [0, 0.05) is 35.2 Å². The van der Waals surface area contributed by atoms with Crippen LogP contribution in [0.5, 0.6) is 11.5 Å². The van der Waals surface area contributed by atoms with Crippen LogP contribution in [0.25, 0.3) is 10.9 Å². The summed E-state index contributed by atoms with van der Waals surface area (Å²) >= 11 is 0. The van der Waals surface area contributed by atoms with E-state index in [1.54, 1.807) is 20.3 Å². The van der Waals surface area contributed by atoms with Gasteiger partial charge in [0.1, 0.15) is 0 Å². The highest BCUT2D eigenvalue weighted by Crippen LogP contribution is 2.33. The Bertz CT molecular complexity index is 1140. The molecular weight excluding hydrogens is 368 g/mol. The van der Waals surface area contributed by atoms with Gasteiger partial charge in [-0.15, -0.1) is 0 Å². The highest BCUT2D eigenvalue weighted by molar-refractivity contribution is 5.96. The van der Waals surface area contributed by atoms with E-state index in [0.717, 1.165) is 17.5 Å². The molecule has 6 heteroatoms. The molecule has 1 atom stereocenters. The Morgan fingerprint density at radius 1 is 1.14 bits per heavy atom. The van der Waals surface area contributed by atoms with Crippen molar-refractivity contribution in [3.8, 4) is 11.5 Å². The van der Waals surface area contributed by atoms with Gasteiger partial charge in [0.2, 0.25) is 5.91 Å². The standard InChI is InChI=1S/C23H24N2O4/c1-14-10-15-6-4-5-7-19(15)25(14)22(26)9-8-16-11-17-12-20(28-2)21(29-3)13-18(17)24-23(16)27/h4-7,11-14H,8-10H2,1-3H3,(H,24,27). The predicted molar refractivity (Wildman–Crippen MR) is 113 cm³/mol. The fraction of sp³-hybridized carbons (Fsp3) is 0.304. The summed E-state index contributed by atoms with van der Waals surface area (Å²) in [5.41, 5.74) is 3.24. The van der Waals surface area contributed by atoms with Gasteiger partial charge in [-0.05, 0) is 43.5 Å². The molecular formula is C23H24N2O4. The predicted octanol–water partition coefficient (Wildman–Crippen LogP) is 3.46. The first-order valence-electron chi connectivity index (χ1n) is 9.69. The number of aromatic amines is 1. The first kappa shape index (κ1) is 19.1. The number of amides is 1. The number of nitrogens with zero attached hydrogens (tertiary/aromatic N) is 1. The van der Waals surface area contributed by atoms with E-state index in [1.807, 2.05) is 35.2 Å². The summed E-state index contributed by atoms with van der Waals surface area (Å²) in [7, 11) is 3.13. The summed E-state index contributed by atoms with van der Waals surface area (Å²) in [6.45, 7) is 2.06. The van der Waals surface area contributed by atoms with E-state index in [-0.39, 0.29) is 23.9 Å². The summed E-state index contributed by atoms with van der Waals surface area (Å²) < 4.78 is 10.6. The van der Waals surface area contributed by atoms with Crippen LogP contribution in [0.3, 0.4) is 0 Å². The lowest BCUT2D eigenvalue weighted by atomic mass is 10.1. The number of carbonyl (C=O) groups is 1. The number of rotatable bonds is 5. The van der Waals surface area contributed by atoms with E-state index in [0.29, 0.717) is 29.0 Å². The summed E-state index contributed by atoms with van der Waals surface area (Å²) in [5.74, 6) is 1.19. The zero-order chi connectivity index (χ0) is 20.5. The molecule has 2 heterocycles. The third kappa shape index (κ3) is 3.46. The van der Waals surface area contributed by atoms with Crippen molar-refractivity contribution in [2.24, 2.45) is 0 Å². The average molecular weight is 392 g/mol. The number of H-pyrrole nitrogens is 1. The van der Waals surface area contributed by atoms with Gasteiger partial charge in [-0.25, -0.2) is 0 Å². The second kappa shape index (κ2) is 7.62. The van der Waals surface area contributed by atoms with Gasteiger partial charge in [-0.3, -0.25) is 9.59 Å². The maximum atomic E-state index is 12.9. The molecule has 0 bridgehead atoms. The van der Waals surface area contributed by atoms with Crippen LogP contribution in [0, 0.1) is 0 Å². The molecule has 1 aromatic heterocycles. The van der Waals surface area contributed by atoms with E-state index in [1.165, 1.54) is 5.56 Å². The Morgan fingerprint density at radius 2 is 1.86 bits per heavy atom. The lowest BCUT2D eigenvalue weighted by Crippen LogP contribution is -2.36. The molecule has 2 aromatic carbocycles. The molecule has 1 aliphatic heterocycles. The number of nitrogens with one attached hydrogen (secondary N) is 1. The van der Waals surface area contributed by atoms with Crippen LogP contribution in [-0.2, 0) is 17.6 Å². The Labute approximate surface area is 169 Å². The third-order valence-corrected chi connectivity index (χ3v) is 5.51. The summed E-state index contributed by atoms with van der Waals surface area (Å²) in [6, 6.07) is 13.5. The Balaban J connectivity index is 1.57. The van der Waals surface area contributed by atoms with Crippen LogP contribution in [-0.4, -0.2) is 31.2 Å². The minimum absolute atomic E-state index is 0.0364. The summed E-state index contributed by atoms with van der Waals surface area (Å²) in [4.78, 5) is 30.2. The van der Waals surface area contributed by atoms with Crippen LogP contribution in [0.1, 0.15) is 24.5 Å². The van der Waals surface area contributed by atoms with E-state index >= 15 is 0 Å². The van der Waals surface area contributed by atoms with E-state index < -0.39 is 0 Å². The molecule has 0 fully saturated rings. The second-order valence-corrected chi connectivity index (χ2v) is 7.36. The smallest absolute Gasteiger partial charge is 0.251 e. The van der Waals surface area contributed by atoms with Crippen LogP contribution >= 0.6 is 0 Å². The molecule has 29 heavy (non-hydrogen) atoms. The molecule has 1 N–H and O–H groups in total. The van der Waals surface area contributed by atoms with Gasteiger partial charge in [-0.2, -0.15) is 0 Å². The normalized spacial score (nSPS) is 15.4. The number of fused-ring (bicyclic) bond motifs is 2. The number of aryl methyl sites for hydroxylation is 1. The molecule has 0 saturated carbocycles. The molecule has 0 spiro atoms. The van der Waals surface area contributed by atoms with Crippen LogP contribution in [0.2, 0.25) is 0 Å². The van der Waals surface area contributed by atoms with Crippen molar-refractivity contribution in [2.45, 2.75) is 32.2 Å². The van der Waals surface area contributed by atoms with E-state index in [2.05, 4.69) is 18.0 Å². The van der Waals surface area contributed by atoms with Crippen molar-refractivity contribution in [2.75, 3.05) is 19.1 Å². The SMILES string of the molecule is COc1cc2cc(CCC(=O)N3c4ccccc4CC3C)c(=O)[nH]c2cc1OC. The van der Waals surface area contributed by atoms with Crippen LogP contribution in [0.15, 0.2) is 47.3 Å². The Morgan fingerprint density at radius 3 is 2.62 bits per heavy atom. The molecule has 3 aromatic rings. The van der Waals surface area contributed by atoms with Crippen molar-refractivity contribution >= 4 is 22.5 Å². The fourth-order valence-electron chi connectivity index (χ4n) is 4.07. The van der Waals surface area contributed by atoms with Crippen molar-refractivity contribution in [3.63, 3.8) is 0 Å². The maximum absolute atomic E-state index is 12.9. The average Bonchev–Trinajstić information content (AvgIpc) is 3.06. The van der Waals surface area contributed by atoms with Gasteiger partial charge in [0.25, 0.3) is 5.56 Å². The monoisotopic (exact) mass is 392 g/mol. The number of methoxy groups -OCH3 is 2. The van der Waals surface area contributed by atoms with Crippen molar-refractivity contribution in [3.05, 3.63) is 63.9 Å². The van der Waals surface area contributed by atoms with E-state index in [9.17, 15) is 9.59 Å². The van der Waals surface area contributed by atoms with Gasteiger partial charge in [-0.1, -0.05) is 18.2 Å². The van der Waals surface area contributed by atoms with Crippen LogP contribution < -0.4 is 19.9 Å². The van der Waals surface area contributed by atoms with Crippen molar-refractivity contribution < 1.29 is 14.3 Å². The summed E-state index contributed by atoms with van der Waals surface area (Å²) in [5, 5.41) is 0.838. The minimum atomic E-state index is -0.188.